The van der Waals surface area contributed by atoms with E-state index in [1.54, 1.807) is 21.0 Å². The monoisotopic (exact) mass is 515 g/mol. The van der Waals surface area contributed by atoms with Crippen molar-refractivity contribution in [1.82, 2.24) is 4.98 Å². The van der Waals surface area contributed by atoms with Crippen molar-refractivity contribution in [3.63, 3.8) is 0 Å². The number of carbonyl (C=O) groups is 3. The molecule has 1 aromatic heterocycles. The molecule has 0 spiro atoms. The van der Waals surface area contributed by atoms with E-state index in [9.17, 15) is 14.4 Å². The van der Waals surface area contributed by atoms with Crippen LogP contribution in [0, 0.1) is 11.8 Å². The lowest BCUT2D eigenvalue weighted by Gasteiger charge is -2.32. The number of pyridine rings is 1. The van der Waals surface area contributed by atoms with Gasteiger partial charge in [-0.2, -0.15) is 0 Å². The topological polar surface area (TPSA) is 110 Å². The maximum Gasteiger partial charge on any atom is 0.309 e. The molecule has 0 fully saturated rings. The Balaban J connectivity index is 2.15. The Morgan fingerprint density at radius 2 is 1.73 bits per heavy atom. The SMILES string of the molecule is CC[C@@H](CCOC)[C@@H](Oc1ccccc1)[C@H](C)OC(=O)[C@@H](C)CC(=O)c1nccc(OC)c1OC(C)=O. The molecule has 1 heterocycles. The van der Waals surface area contributed by atoms with Crippen LogP contribution in [-0.2, 0) is 19.1 Å². The lowest BCUT2D eigenvalue weighted by Crippen LogP contribution is -2.41. The second kappa shape index (κ2) is 14.9. The lowest BCUT2D eigenvalue weighted by molar-refractivity contribution is -0.159. The third kappa shape index (κ3) is 8.86. The number of para-hydroxylation sites is 1. The number of ether oxygens (including phenoxy) is 5. The first-order valence-corrected chi connectivity index (χ1v) is 12.4. The maximum absolute atomic E-state index is 13.0. The molecule has 0 aliphatic carbocycles. The molecule has 0 aliphatic heterocycles. The minimum Gasteiger partial charge on any atom is -0.493 e. The molecule has 2 rings (SSSR count). The summed E-state index contributed by atoms with van der Waals surface area (Å²) in [5, 5.41) is 0. The molecular formula is C28H37NO8. The van der Waals surface area contributed by atoms with Crippen molar-refractivity contribution in [2.45, 2.75) is 59.2 Å². The van der Waals surface area contributed by atoms with E-state index in [1.165, 1.54) is 26.3 Å². The number of Topliss-reactive ketones (excluding diaryl/α,β-unsaturated/α-hetero) is 1. The van der Waals surface area contributed by atoms with E-state index in [1.807, 2.05) is 30.3 Å². The molecule has 1 aromatic carbocycles. The molecule has 9 heteroatoms. The number of methoxy groups -OCH3 is 2. The average molecular weight is 516 g/mol. The first-order chi connectivity index (χ1) is 17.7. The summed E-state index contributed by atoms with van der Waals surface area (Å²) in [6.07, 6.45) is 1.73. The van der Waals surface area contributed by atoms with Crippen LogP contribution in [0.1, 0.15) is 57.4 Å². The Morgan fingerprint density at radius 1 is 1.03 bits per heavy atom. The first kappa shape index (κ1) is 29.8. The normalized spacial score (nSPS) is 14.1. The van der Waals surface area contributed by atoms with E-state index in [-0.39, 0.29) is 29.5 Å². The molecule has 202 valence electrons. The number of aromatic nitrogens is 1. The summed E-state index contributed by atoms with van der Waals surface area (Å²) < 4.78 is 27.7. The zero-order chi connectivity index (χ0) is 27.4. The molecule has 4 atom stereocenters. The number of esters is 2. The van der Waals surface area contributed by atoms with Gasteiger partial charge in [0.1, 0.15) is 18.0 Å². The molecule has 0 unspecified atom stereocenters. The molecule has 2 aromatic rings. The summed E-state index contributed by atoms with van der Waals surface area (Å²) in [4.78, 5) is 41.6. The van der Waals surface area contributed by atoms with Crippen molar-refractivity contribution in [1.29, 1.82) is 0 Å². The van der Waals surface area contributed by atoms with Gasteiger partial charge in [-0.05, 0) is 31.9 Å². The maximum atomic E-state index is 13.0. The molecule has 9 nitrogen and oxygen atoms in total. The van der Waals surface area contributed by atoms with Crippen LogP contribution in [0.5, 0.6) is 17.2 Å². The number of hydrogen-bond donors (Lipinski definition) is 0. The summed E-state index contributed by atoms with van der Waals surface area (Å²) in [6, 6.07) is 10.8. The molecule has 37 heavy (non-hydrogen) atoms. The highest BCUT2D eigenvalue weighted by Crippen LogP contribution is 2.31. The van der Waals surface area contributed by atoms with E-state index < -0.39 is 35.8 Å². The number of nitrogens with zero attached hydrogens (tertiary/aromatic N) is 1. The Hall–Kier alpha value is -3.46. The Labute approximate surface area is 218 Å². The summed E-state index contributed by atoms with van der Waals surface area (Å²) in [6.45, 7) is 7.22. The molecule has 0 radical (unpaired) electrons. The standard InChI is InChI=1S/C28H37NO8/c1-7-21(14-16-33-5)26(37-22-11-9-8-10-12-22)19(3)35-28(32)18(2)17-23(31)25-27(36-20(4)30)24(34-6)13-15-29-25/h8-13,15,18-19,21,26H,7,14,16-17H2,1-6H3/t18-,19-,21-,26-/m0/s1. The minimum atomic E-state index is -0.774. The van der Waals surface area contributed by atoms with Gasteiger partial charge in [-0.15, -0.1) is 0 Å². The quantitative estimate of drug-likeness (QED) is 0.247. The minimum absolute atomic E-state index is 0.0725. The molecule has 0 saturated heterocycles. The fourth-order valence-corrected chi connectivity index (χ4v) is 3.96. The number of ketones is 1. The molecule has 0 aliphatic rings. The number of rotatable bonds is 15. The van der Waals surface area contributed by atoms with Gasteiger partial charge in [-0.3, -0.25) is 14.4 Å². The van der Waals surface area contributed by atoms with E-state index in [0.717, 1.165) is 12.8 Å². The van der Waals surface area contributed by atoms with Crippen LogP contribution in [0.25, 0.3) is 0 Å². The Morgan fingerprint density at radius 3 is 2.32 bits per heavy atom. The van der Waals surface area contributed by atoms with Crippen LogP contribution in [0.15, 0.2) is 42.6 Å². The van der Waals surface area contributed by atoms with Crippen molar-refractivity contribution >= 4 is 17.7 Å². The smallest absolute Gasteiger partial charge is 0.309 e. The molecule has 0 N–H and O–H groups in total. The van der Waals surface area contributed by atoms with Crippen molar-refractivity contribution in [2.75, 3.05) is 20.8 Å². The predicted molar refractivity (Wildman–Crippen MR) is 137 cm³/mol. The second-order valence-corrected chi connectivity index (χ2v) is 8.80. The summed E-state index contributed by atoms with van der Waals surface area (Å²) in [7, 11) is 3.04. The fourth-order valence-electron chi connectivity index (χ4n) is 3.96. The molecule has 0 bridgehead atoms. The molecule has 0 saturated carbocycles. The largest absolute Gasteiger partial charge is 0.493 e. The Bertz CT molecular complexity index is 1030. The van der Waals surface area contributed by atoms with Gasteiger partial charge in [0.05, 0.1) is 13.0 Å². The number of hydrogen-bond acceptors (Lipinski definition) is 9. The molecular weight excluding hydrogens is 478 g/mol. The average Bonchev–Trinajstić information content (AvgIpc) is 2.88. The van der Waals surface area contributed by atoms with Crippen LogP contribution >= 0.6 is 0 Å². The van der Waals surface area contributed by atoms with Crippen LogP contribution in [0.3, 0.4) is 0 Å². The van der Waals surface area contributed by atoms with Crippen molar-refractivity contribution in [3.05, 3.63) is 48.3 Å². The van der Waals surface area contributed by atoms with E-state index in [4.69, 9.17) is 23.7 Å². The zero-order valence-corrected chi connectivity index (χ0v) is 22.4. The van der Waals surface area contributed by atoms with Gasteiger partial charge in [0.2, 0.25) is 5.75 Å². The zero-order valence-electron chi connectivity index (χ0n) is 22.4. The first-order valence-electron chi connectivity index (χ1n) is 12.4. The van der Waals surface area contributed by atoms with Crippen molar-refractivity contribution < 1.29 is 38.1 Å². The van der Waals surface area contributed by atoms with Gasteiger partial charge in [0, 0.05) is 45.2 Å². The van der Waals surface area contributed by atoms with Gasteiger partial charge < -0.3 is 23.7 Å². The third-order valence-electron chi connectivity index (χ3n) is 5.95. The Kier molecular flexibility index (Phi) is 12.0. The summed E-state index contributed by atoms with van der Waals surface area (Å²) in [5.41, 5.74) is -0.0850. The molecule has 0 amide bonds. The van der Waals surface area contributed by atoms with Gasteiger partial charge in [-0.25, -0.2) is 4.98 Å². The van der Waals surface area contributed by atoms with Crippen LogP contribution < -0.4 is 14.2 Å². The highest BCUT2D eigenvalue weighted by Gasteiger charge is 2.32. The third-order valence-corrected chi connectivity index (χ3v) is 5.95. The fraction of sp³-hybridized carbons (Fsp3) is 0.500. The van der Waals surface area contributed by atoms with Crippen LogP contribution in [-0.4, -0.2) is 55.7 Å². The van der Waals surface area contributed by atoms with Crippen LogP contribution in [0.2, 0.25) is 0 Å². The van der Waals surface area contributed by atoms with Gasteiger partial charge in [-0.1, -0.05) is 32.0 Å². The van der Waals surface area contributed by atoms with Crippen molar-refractivity contribution in [2.24, 2.45) is 11.8 Å². The number of benzene rings is 1. The van der Waals surface area contributed by atoms with E-state index in [2.05, 4.69) is 11.9 Å². The van der Waals surface area contributed by atoms with Gasteiger partial charge in [0.25, 0.3) is 0 Å². The highest BCUT2D eigenvalue weighted by atomic mass is 16.6. The van der Waals surface area contributed by atoms with E-state index >= 15 is 0 Å². The predicted octanol–water partition coefficient (Wildman–Crippen LogP) is 4.67. The van der Waals surface area contributed by atoms with Crippen molar-refractivity contribution in [3.8, 4) is 17.2 Å². The van der Waals surface area contributed by atoms with Crippen LogP contribution in [0.4, 0.5) is 0 Å². The lowest BCUT2D eigenvalue weighted by atomic mass is 9.92. The second-order valence-electron chi connectivity index (χ2n) is 8.80. The van der Waals surface area contributed by atoms with Gasteiger partial charge in [0.15, 0.2) is 17.2 Å². The van der Waals surface area contributed by atoms with E-state index in [0.29, 0.717) is 12.4 Å². The summed E-state index contributed by atoms with van der Waals surface area (Å²) in [5.74, 6) is -1.54. The number of carbonyl (C=O) groups excluding carboxylic acids is 3. The highest BCUT2D eigenvalue weighted by molar-refractivity contribution is 5.99. The summed E-state index contributed by atoms with van der Waals surface area (Å²) >= 11 is 0. The van der Waals surface area contributed by atoms with Gasteiger partial charge >= 0.3 is 11.9 Å².